The molecule has 2 saturated heterocycles. The molecule has 34 heavy (non-hydrogen) atoms. The van der Waals surface area contributed by atoms with Crippen molar-refractivity contribution in [3.8, 4) is 22.8 Å². The van der Waals surface area contributed by atoms with Crippen LogP contribution in [-0.2, 0) is 4.79 Å². The van der Waals surface area contributed by atoms with Crippen LogP contribution in [-0.4, -0.2) is 71.3 Å². The van der Waals surface area contributed by atoms with Crippen LogP contribution >= 0.6 is 0 Å². The molecular weight excluding hydrogens is 432 g/mol. The van der Waals surface area contributed by atoms with Gasteiger partial charge in [-0.3, -0.25) is 9.69 Å². The van der Waals surface area contributed by atoms with E-state index in [1.807, 2.05) is 35.0 Å². The van der Waals surface area contributed by atoms with Gasteiger partial charge in [0.1, 0.15) is 11.1 Å². The average Bonchev–Trinajstić information content (AvgIpc) is 3.33. The number of hydrogen-bond acceptors (Lipinski definition) is 7. The van der Waals surface area contributed by atoms with E-state index < -0.39 is 5.54 Å². The summed E-state index contributed by atoms with van der Waals surface area (Å²) in [6, 6.07) is 7.82. The van der Waals surface area contributed by atoms with Crippen LogP contribution in [0.5, 0.6) is 11.5 Å². The molecule has 2 aromatic heterocycles. The summed E-state index contributed by atoms with van der Waals surface area (Å²) in [4.78, 5) is 21.9. The molecule has 9 heteroatoms. The smallest absolute Gasteiger partial charge is 0.238 e. The van der Waals surface area contributed by atoms with E-state index in [1.54, 1.807) is 20.4 Å². The highest BCUT2D eigenvalue weighted by atomic mass is 16.5. The molecule has 0 bridgehead atoms. The van der Waals surface area contributed by atoms with Crippen molar-refractivity contribution in [3.05, 3.63) is 36.7 Å². The second-order valence-electron chi connectivity index (χ2n) is 9.11. The molecule has 1 aromatic carbocycles. The van der Waals surface area contributed by atoms with Crippen LogP contribution in [0.3, 0.4) is 0 Å². The highest BCUT2D eigenvalue weighted by Gasteiger charge is 2.45. The summed E-state index contributed by atoms with van der Waals surface area (Å²) in [7, 11) is 3.25. The van der Waals surface area contributed by atoms with Gasteiger partial charge in [0.25, 0.3) is 0 Å². The minimum atomic E-state index is -0.549. The highest BCUT2D eigenvalue weighted by molar-refractivity contribution is 5.85. The van der Waals surface area contributed by atoms with E-state index in [9.17, 15) is 4.79 Å². The number of anilines is 1. The van der Waals surface area contributed by atoms with Gasteiger partial charge < -0.3 is 20.1 Å². The zero-order valence-corrected chi connectivity index (χ0v) is 19.9. The van der Waals surface area contributed by atoms with Crippen molar-refractivity contribution < 1.29 is 14.3 Å². The predicted octanol–water partition coefficient (Wildman–Crippen LogP) is 2.72. The first-order chi connectivity index (χ1) is 16.6. The number of hydrogen-bond donors (Lipinski definition) is 1. The Morgan fingerprint density at radius 3 is 2.41 bits per heavy atom. The summed E-state index contributed by atoms with van der Waals surface area (Å²) in [5.41, 5.74) is 8.11. The number of fused-ring (bicyclic) bond motifs is 1. The van der Waals surface area contributed by atoms with Gasteiger partial charge in [0.2, 0.25) is 5.91 Å². The molecule has 180 valence electrons. The SMILES string of the molecule is COc1ccc(-c2cc3c(N4CCC(C(N)=O)(N5CCCCC5)CC4)nccn3n2)cc1OC. The van der Waals surface area contributed by atoms with E-state index in [-0.39, 0.29) is 5.91 Å². The van der Waals surface area contributed by atoms with Crippen molar-refractivity contribution in [1.82, 2.24) is 19.5 Å². The van der Waals surface area contributed by atoms with E-state index in [0.717, 1.165) is 61.6 Å². The van der Waals surface area contributed by atoms with Gasteiger partial charge in [-0.2, -0.15) is 5.10 Å². The molecule has 0 unspecified atom stereocenters. The van der Waals surface area contributed by atoms with Crippen molar-refractivity contribution in [2.75, 3.05) is 45.3 Å². The molecule has 0 spiro atoms. The molecule has 4 heterocycles. The third kappa shape index (κ3) is 3.83. The third-order valence-electron chi connectivity index (χ3n) is 7.36. The topological polar surface area (TPSA) is 98.2 Å². The van der Waals surface area contributed by atoms with Crippen LogP contribution in [0.15, 0.2) is 36.7 Å². The molecule has 0 saturated carbocycles. The first-order valence-corrected chi connectivity index (χ1v) is 11.9. The molecule has 0 aliphatic carbocycles. The molecule has 0 radical (unpaired) electrons. The van der Waals surface area contributed by atoms with E-state index in [1.165, 1.54) is 6.42 Å². The number of aromatic nitrogens is 3. The van der Waals surface area contributed by atoms with Crippen molar-refractivity contribution in [2.45, 2.75) is 37.6 Å². The van der Waals surface area contributed by atoms with Crippen molar-refractivity contribution in [1.29, 1.82) is 0 Å². The number of benzene rings is 1. The fourth-order valence-corrected chi connectivity index (χ4v) is 5.42. The number of nitrogens with zero attached hydrogens (tertiary/aromatic N) is 5. The first-order valence-electron chi connectivity index (χ1n) is 11.9. The van der Waals surface area contributed by atoms with Gasteiger partial charge in [0.15, 0.2) is 17.3 Å². The number of ether oxygens (including phenoxy) is 2. The first kappa shape index (κ1) is 22.5. The van der Waals surface area contributed by atoms with Gasteiger partial charge in [-0.05, 0) is 63.0 Å². The van der Waals surface area contributed by atoms with E-state index in [0.29, 0.717) is 24.3 Å². The largest absolute Gasteiger partial charge is 0.493 e. The second kappa shape index (κ2) is 9.13. The predicted molar refractivity (Wildman–Crippen MR) is 130 cm³/mol. The van der Waals surface area contributed by atoms with Crippen molar-refractivity contribution in [2.24, 2.45) is 5.73 Å². The number of primary amides is 1. The second-order valence-corrected chi connectivity index (χ2v) is 9.11. The number of likely N-dealkylation sites (tertiary alicyclic amines) is 1. The molecule has 5 rings (SSSR count). The number of amides is 1. The Bertz CT molecular complexity index is 1180. The zero-order chi connectivity index (χ0) is 23.7. The Morgan fingerprint density at radius 1 is 1.00 bits per heavy atom. The Balaban J connectivity index is 1.42. The normalized spacial score (nSPS) is 18.7. The maximum absolute atomic E-state index is 12.6. The number of carbonyl (C=O) groups excluding carboxylic acids is 1. The van der Waals surface area contributed by atoms with Crippen LogP contribution in [0.2, 0.25) is 0 Å². The lowest BCUT2D eigenvalue weighted by Crippen LogP contribution is -2.63. The molecular formula is C25H32N6O3. The van der Waals surface area contributed by atoms with Crippen LogP contribution < -0.4 is 20.1 Å². The molecule has 0 atom stereocenters. The molecule has 9 nitrogen and oxygen atoms in total. The van der Waals surface area contributed by atoms with Crippen LogP contribution in [0, 0.1) is 0 Å². The number of methoxy groups -OCH3 is 2. The van der Waals surface area contributed by atoms with Gasteiger partial charge in [-0.1, -0.05) is 6.42 Å². The Hall–Kier alpha value is -3.33. The third-order valence-corrected chi connectivity index (χ3v) is 7.36. The van der Waals surface area contributed by atoms with Crippen LogP contribution in [0.25, 0.3) is 16.8 Å². The highest BCUT2D eigenvalue weighted by Crippen LogP contribution is 2.36. The van der Waals surface area contributed by atoms with Gasteiger partial charge in [-0.25, -0.2) is 9.50 Å². The lowest BCUT2D eigenvalue weighted by Gasteiger charge is -2.48. The van der Waals surface area contributed by atoms with E-state index >= 15 is 0 Å². The van der Waals surface area contributed by atoms with Gasteiger partial charge in [0, 0.05) is 31.0 Å². The molecule has 2 aliphatic rings. The van der Waals surface area contributed by atoms with Crippen molar-refractivity contribution in [3.63, 3.8) is 0 Å². The minimum Gasteiger partial charge on any atom is -0.493 e. The number of carbonyl (C=O) groups is 1. The summed E-state index contributed by atoms with van der Waals surface area (Å²) >= 11 is 0. The van der Waals surface area contributed by atoms with Gasteiger partial charge in [0.05, 0.1) is 19.9 Å². The van der Waals surface area contributed by atoms with Crippen molar-refractivity contribution >= 4 is 17.2 Å². The van der Waals surface area contributed by atoms with Crippen LogP contribution in [0.1, 0.15) is 32.1 Å². The summed E-state index contributed by atoms with van der Waals surface area (Å²) in [5.74, 6) is 2.02. The lowest BCUT2D eigenvalue weighted by atomic mass is 9.83. The Labute approximate surface area is 199 Å². The number of nitrogens with two attached hydrogens (primary N) is 1. The van der Waals surface area contributed by atoms with Gasteiger partial charge in [-0.15, -0.1) is 0 Å². The molecule has 3 aromatic rings. The van der Waals surface area contributed by atoms with E-state index in [4.69, 9.17) is 25.3 Å². The van der Waals surface area contributed by atoms with Gasteiger partial charge >= 0.3 is 0 Å². The molecule has 2 aliphatic heterocycles. The Kier molecular flexibility index (Phi) is 6.03. The summed E-state index contributed by atoms with van der Waals surface area (Å²) in [6.45, 7) is 3.36. The quantitative estimate of drug-likeness (QED) is 0.599. The summed E-state index contributed by atoms with van der Waals surface area (Å²) < 4.78 is 12.7. The molecule has 2 N–H and O–H groups in total. The standard InChI is InChI=1S/C25H32N6O3/c1-33-21-7-6-18(16-22(21)34-2)19-17-20-23(27-10-15-31(20)28-19)29-13-8-25(9-14-29,24(26)32)30-11-4-3-5-12-30/h6-7,10,15-17H,3-5,8-9,11-14H2,1-2H3,(H2,26,32). The minimum absolute atomic E-state index is 0.194. The number of rotatable bonds is 6. The zero-order valence-electron chi connectivity index (χ0n) is 19.9. The monoisotopic (exact) mass is 464 g/mol. The van der Waals surface area contributed by atoms with E-state index in [2.05, 4.69) is 9.80 Å². The fourth-order valence-electron chi connectivity index (χ4n) is 5.42. The number of piperidine rings is 2. The summed E-state index contributed by atoms with van der Waals surface area (Å²) in [6.07, 6.45) is 8.54. The molecule has 2 fully saturated rings. The summed E-state index contributed by atoms with van der Waals surface area (Å²) in [5, 5.41) is 4.77. The maximum Gasteiger partial charge on any atom is 0.238 e. The maximum atomic E-state index is 12.6. The van der Waals surface area contributed by atoms with Crippen LogP contribution in [0.4, 0.5) is 5.82 Å². The fraction of sp³-hybridized carbons (Fsp3) is 0.480. The Morgan fingerprint density at radius 2 is 1.74 bits per heavy atom. The lowest BCUT2D eigenvalue weighted by molar-refractivity contribution is -0.132. The average molecular weight is 465 g/mol. The molecule has 1 amide bonds.